The normalized spacial score (nSPS) is 10.5. The Hall–Kier alpha value is -1.75. The summed E-state index contributed by atoms with van der Waals surface area (Å²) in [7, 11) is 3.32. The molecule has 0 bridgehead atoms. The SMILES string of the molecule is CCCCNc1nc(-c2ccc(OC)cc2OC)c(C)s1. The zero-order valence-electron chi connectivity index (χ0n) is 13.0. The van der Waals surface area contributed by atoms with Gasteiger partial charge in [-0.25, -0.2) is 4.98 Å². The largest absolute Gasteiger partial charge is 0.497 e. The van der Waals surface area contributed by atoms with Crippen molar-refractivity contribution in [3.8, 4) is 22.8 Å². The van der Waals surface area contributed by atoms with Gasteiger partial charge >= 0.3 is 0 Å². The predicted octanol–water partition coefficient (Wildman–Crippen LogP) is 4.35. The van der Waals surface area contributed by atoms with E-state index in [0.717, 1.165) is 40.9 Å². The summed E-state index contributed by atoms with van der Waals surface area (Å²) in [6, 6.07) is 5.81. The Bertz CT molecular complexity index is 596. The summed E-state index contributed by atoms with van der Waals surface area (Å²) < 4.78 is 10.7. The Morgan fingerprint density at radius 2 is 2.05 bits per heavy atom. The molecule has 0 saturated heterocycles. The van der Waals surface area contributed by atoms with Crippen LogP contribution in [0.15, 0.2) is 18.2 Å². The van der Waals surface area contributed by atoms with Gasteiger partial charge in [-0.15, -0.1) is 11.3 Å². The molecule has 2 rings (SSSR count). The smallest absolute Gasteiger partial charge is 0.183 e. The zero-order valence-corrected chi connectivity index (χ0v) is 13.8. The van der Waals surface area contributed by atoms with Crippen LogP contribution in [0.1, 0.15) is 24.6 Å². The second kappa shape index (κ2) is 7.31. The third kappa shape index (κ3) is 3.67. The summed E-state index contributed by atoms with van der Waals surface area (Å²) in [5.41, 5.74) is 1.97. The van der Waals surface area contributed by atoms with Crippen LogP contribution < -0.4 is 14.8 Å². The number of nitrogens with one attached hydrogen (secondary N) is 1. The number of anilines is 1. The fraction of sp³-hybridized carbons (Fsp3) is 0.438. The van der Waals surface area contributed by atoms with Gasteiger partial charge in [0.25, 0.3) is 0 Å². The van der Waals surface area contributed by atoms with Crippen LogP contribution >= 0.6 is 11.3 Å². The van der Waals surface area contributed by atoms with Crippen molar-refractivity contribution in [3.63, 3.8) is 0 Å². The molecule has 2 aromatic rings. The number of aromatic nitrogens is 1. The van der Waals surface area contributed by atoms with Crippen molar-refractivity contribution in [2.24, 2.45) is 0 Å². The minimum Gasteiger partial charge on any atom is -0.497 e. The molecule has 1 aromatic carbocycles. The number of thiazole rings is 1. The average Bonchev–Trinajstić information content (AvgIpc) is 2.87. The molecule has 0 amide bonds. The van der Waals surface area contributed by atoms with Crippen molar-refractivity contribution >= 4 is 16.5 Å². The van der Waals surface area contributed by atoms with E-state index in [1.165, 1.54) is 11.3 Å². The van der Waals surface area contributed by atoms with E-state index in [2.05, 4.69) is 19.2 Å². The quantitative estimate of drug-likeness (QED) is 0.772. The fourth-order valence-corrected chi connectivity index (χ4v) is 2.94. The number of nitrogens with zero attached hydrogens (tertiary/aromatic N) is 1. The lowest BCUT2D eigenvalue weighted by atomic mass is 10.1. The molecular formula is C16H22N2O2S. The highest BCUT2D eigenvalue weighted by molar-refractivity contribution is 7.16. The van der Waals surface area contributed by atoms with E-state index in [-0.39, 0.29) is 0 Å². The van der Waals surface area contributed by atoms with Gasteiger partial charge in [0, 0.05) is 23.1 Å². The van der Waals surface area contributed by atoms with Crippen LogP contribution in [0, 0.1) is 6.92 Å². The summed E-state index contributed by atoms with van der Waals surface area (Å²) >= 11 is 1.68. The molecule has 0 atom stereocenters. The molecule has 0 spiro atoms. The highest BCUT2D eigenvalue weighted by Crippen LogP contribution is 2.37. The third-order valence-electron chi connectivity index (χ3n) is 3.27. The number of ether oxygens (including phenoxy) is 2. The minimum atomic E-state index is 0.780. The molecule has 0 saturated carbocycles. The van der Waals surface area contributed by atoms with E-state index >= 15 is 0 Å². The number of benzene rings is 1. The lowest BCUT2D eigenvalue weighted by Gasteiger charge is -2.09. The summed E-state index contributed by atoms with van der Waals surface area (Å²) in [6.07, 6.45) is 2.33. The Morgan fingerprint density at radius 3 is 2.71 bits per heavy atom. The first-order valence-electron chi connectivity index (χ1n) is 7.13. The van der Waals surface area contributed by atoms with Gasteiger partial charge in [-0.05, 0) is 25.5 Å². The first-order chi connectivity index (χ1) is 10.2. The van der Waals surface area contributed by atoms with E-state index in [9.17, 15) is 0 Å². The lowest BCUT2D eigenvalue weighted by Crippen LogP contribution is -2.00. The summed E-state index contributed by atoms with van der Waals surface area (Å²) in [4.78, 5) is 5.88. The van der Waals surface area contributed by atoms with Gasteiger partial charge < -0.3 is 14.8 Å². The van der Waals surface area contributed by atoms with Gasteiger partial charge in [0.15, 0.2) is 5.13 Å². The first-order valence-corrected chi connectivity index (χ1v) is 7.95. The molecule has 5 heteroatoms. The number of rotatable bonds is 7. The van der Waals surface area contributed by atoms with E-state index in [0.29, 0.717) is 0 Å². The molecular weight excluding hydrogens is 284 g/mol. The van der Waals surface area contributed by atoms with Crippen molar-refractivity contribution in [2.45, 2.75) is 26.7 Å². The van der Waals surface area contributed by atoms with Crippen LogP contribution in [-0.4, -0.2) is 25.7 Å². The van der Waals surface area contributed by atoms with Gasteiger partial charge in [-0.3, -0.25) is 0 Å². The lowest BCUT2D eigenvalue weighted by molar-refractivity contribution is 0.395. The Balaban J connectivity index is 2.29. The molecule has 0 aliphatic rings. The fourth-order valence-electron chi connectivity index (χ4n) is 2.09. The number of hydrogen-bond donors (Lipinski definition) is 1. The van der Waals surface area contributed by atoms with Gasteiger partial charge in [-0.1, -0.05) is 13.3 Å². The van der Waals surface area contributed by atoms with Crippen molar-refractivity contribution in [3.05, 3.63) is 23.1 Å². The number of aryl methyl sites for hydroxylation is 1. The van der Waals surface area contributed by atoms with Crippen LogP contribution in [0.4, 0.5) is 5.13 Å². The second-order valence-electron chi connectivity index (χ2n) is 4.77. The van der Waals surface area contributed by atoms with Crippen molar-refractivity contribution in [1.29, 1.82) is 0 Å². The maximum atomic E-state index is 5.47. The van der Waals surface area contributed by atoms with Crippen LogP contribution in [-0.2, 0) is 0 Å². The molecule has 21 heavy (non-hydrogen) atoms. The predicted molar refractivity (Wildman–Crippen MR) is 88.8 cm³/mol. The minimum absolute atomic E-state index is 0.780. The van der Waals surface area contributed by atoms with Crippen molar-refractivity contribution < 1.29 is 9.47 Å². The molecule has 0 aliphatic carbocycles. The number of methoxy groups -OCH3 is 2. The molecule has 0 fully saturated rings. The monoisotopic (exact) mass is 306 g/mol. The van der Waals surface area contributed by atoms with Crippen molar-refractivity contribution in [1.82, 2.24) is 4.98 Å². The van der Waals surface area contributed by atoms with E-state index in [4.69, 9.17) is 14.5 Å². The molecule has 0 aliphatic heterocycles. The molecule has 1 aromatic heterocycles. The molecule has 1 heterocycles. The van der Waals surface area contributed by atoms with Gasteiger partial charge in [-0.2, -0.15) is 0 Å². The topological polar surface area (TPSA) is 43.4 Å². The van der Waals surface area contributed by atoms with Crippen LogP contribution in [0.2, 0.25) is 0 Å². The van der Waals surface area contributed by atoms with E-state index < -0.39 is 0 Å². The molecule has 0 unspecified atom stereocenters. The van der Waals surface area contributed by atoms with Crippen molar-refractivity contribution in [2.75, 3.05) is 26.1 Å². The average molecular weight is 306 g/mol. The van der Waals surface area contributed by atoms with E-state index in [1.807, 2.05) is 18.2 Å². The number of hydrogen-bond acceptors (Lipinski definition) is 5. The van der Waals surface area contributed by atoms with Crippen LogP contribution in [0.5, 0.6) is 11.5 Å². The zero-order chi connectivity index (χ0) is 15.2. The van der Waals surface area contributed by atoms with Gasteiger partial charge in [0.2, 0.25) is 0 Å². The Labute approximate surface area is 130 Å². The molecule has 0 radical (unpaired) electrons. The summed E-state index contributed by atoms with van der Waals surface area (Å²) in [5, 5.41) is 4.34. The first kappa shape index (κ1) is 15.6. The van der Waals surface area contributed by atoms with Gasteiger partial charge in [0.05, 0.1) is 19.9 Å². The third-order valence-corrected chi connectivity index (χ3v) is 4.20. The van der Waals surface area contributed by atoms with E-state index in [1.54, 1.807) is 25.6 Å². The van der Waals surface area contributed by atoms with Crippen LogP contribution in [0.3, 0.4) is 0 Å². The molecule has 1 N–H and O–H groups in total. The van der Waals surface area contributed by atoms with Gasteiger partial charge in [0.1, 0.15) is 11.5 Å². The Morgan fingerprint density at radius 1 is 1.24 bits per heavy atom. The van der Waals surface area contributed by atoms with Crippen LogP contribution in [0.25, 0.3) is 11.3 Å². The molecule has 114 valence electrons. The summed E-state index contributed by atoms with van der Waals surface area (Å²) in [5.74, 6) is 1.56. The summed E-state index contributed by atoms with van der Waals surface area (Å²) in [6.45, 7) is 5.23. The highest BCUT2D eigenvalue weighted by atomic mass is 32.1. The maximum absolute atomic E-state index is 5.47. The standard InChI is InChI=1S/C16H22N2O2S/c1-5-6-9-17-16-18-15(11(2)21-16)13-8-7-12(19-3)10-14(13)20-4/h7-8,10H,5-6,9H2,1-4H3,(H,17,18). The molecule has 4 nitrogen and oxygen atoms in total. The Kier molecular flexibility index (Phi) is 5.44. The highest BCUT2D eigenvalue weighted by Gasteiger charge is 2.14. The number of unbranched alkanes of at least 4 members (excludes halogenated alkanes) is 1. The maximum Gasteiger partial charge on any atom is 0.183 e. The second-order valence-corrected chi connectivity index (χ2v) is 5.97.